The molecular weight excluding hydrogens is 395 g/mol. The Balaban J connectivity index is 2.56. The molecule has 28 heavy (non-hydrogen) atoms. The van der Waals surface area contributed by atoms with Crippen molar-refractivity contribution in [2.45, 2.75) is 56.1 Å². The van der Waals surface area contributed by atoms with Crippen molar-refractivity contribution in [3.05, 3.63) is 11.4 Å². The van der Waals surface area contributed by atoms with Crippen LogP contribution in [0.5, 0.6) is 0 Å². The van der Waals surface area contributed by atoms with Crippen molar-refractivity contribution in [2.75, 3.05) is 35.5 Å². The molecule has 2 aliphatic rings. The number of ether oxygens (including phenoxy) is 5. The first-order valence-electron chi connectivity index (χ1n) is 8.65. The quantitative estimate of drug-likeness (QED) is 0.497. The molecule has 0 amide bonds. The van der Waals surface area contributed by atoms with Gasteiger partial charge in [-0.3, -0.25) is 4.57 Å². The fraction of sp³-hybridized carbons (Fsp3) is 0.824. The summed E-state index contributed by atoms with van der Waals surface area (Å²) in [5, 5.41) is 10.9. The second-order valence-corrected chi connectivity index (χ2v) is 9.08. The van der Waals surface area contributed by atoms with Crippen LogP contribution in [0.15, 0.2) is 11.4 Å². The zero-order valence-electron chi connectivity index (χ0n) is 17.2. The highest BCUT2D eigenvalue weighted by atomic mass is 31.2. The lowest BCUT2D eigenvalue weighted by Crippen LogP contribution is -2.68. The Morgan fingerprint density at radius 2 is 1.64 bits per heavy atom. The zero-order chi connectivity index (χ0) is 21.4. The summed E-state index contributed by atoms with van der Waals surface area (Å²) < 4.78 is 50.6. The van der Waals surface area contributed by atoms with Gasteiger partial charge in [-0.25, -0.2) is 4.79 Å². The molecule has 0 radical (unpaired) electrons. The first-order valence-corrected chi connectivity index (χ1v) is 10.3. The predicted octanol–water partition coefficient (Wildman–Crippen LogP) is 1.56. The molecule has 2 fully saturated rings. The van der Waals surface area contributed by atoms with Crippen LogP contribution in [-0.2, 0) is 42.1 Å². The average molecular weight is 424 g/mol. The first kappa shape index (κ1) is 23.4. The van der Waals surface area contributed by atoms with Gasteiger partial charge in [-0.15, -0.1) is 0 Å². The Kier molecular flexibility index (Phi) is 6.80. The third-order valence-electron chi connectivity index (χ3n) is 5.47. The van der Waals surface area contributed by atoms with E-state index in [2.05, 4.69) is 0 Å². The number of methoxy groups -OCH3 is 3. The lowest BCUT2D eigenvalue weighted by Gasteiger charge is -2.55. The number of hydrogen-bond acceptors (Lipinski definition) is 10. The second kappa shape index (κ2) is 8.12. The van der Waals surface area contributed by atoms with Gasteiger partial charge in [0.25, 0.3) is 0 Å². The molecule has 11 heteroatoms. The molecule has 0 aromatic heterocycles. The van der Waals surface area contributed by atoms with Crippen LogP contribution in [0, 0.1) is 0 Å². The molecule has 0 aromatic rings. The fourth-order valence-corrected chi connectivity index (χ4v) is 4.51. The van der Waals surface area contributed by atoms with Gasteiger partial charge in [0.1, 0.15) is 6.10 Å². The minimum Gasteiger partial charge on any atom is -0.467 e. The van der Waals surface area contributed by atoms with Crippen LogP contribution in [0.25, 0.3) is 0 Å². The topological polar surface area (TPSA) is 119 Å². The van der Waals surface area contributed by atoms with E-state index in [0.717, 1.165) is 0 Å². The summed E-state index contributed by atoms with van der Waals surface area (Å²) in [5.41, 5.74) is -1.61. The average Bonchev–Trinajstić information content (AvgIpc) is 2.68. The van der Waals surface area contributed by atoms with Crippen LogP contribution in [-0.4, -0.2) is 76.0 Å². The van der Waals surface area contributed by atoms with Crippen molar-refractivity contribution in [3.63, 3.8) is 0 Å². The van der Waals surface area contributed by atoms with Gasteiger partial charge in [-0.1, -0.05) is 0 Å². The largest absolute Gasteiger partial charge is 0.467 e. The zero-order valence-corrected chi connectivity index (χ0v) is 18.1. The maximum absolute atomic E-state index is 12.7. The fourth-order valence-electron chi connectivity index (χ4n) is 3.50. The van der Waals surface area contributed by atoms with Crippen LogP contribution < -0.4 is 0 Å². The van der Waals surface area contributed by atoms with Gasteiger partial charge in [-0.2, -0.15) is 0 Å². The molecule has 0 aromatic carbocycles. The SMILES string of the molecule is COC(=O)[C@]1(O)C/C(=C\P(=O)(OC)OC)[C@H]2O[C@](C)(OC)[C@@](C)(OC)O[C@@H]2C1. The van der Waals surface area contributed by atoms with Crippen LogP contribution in [0.4, 0.5) is 0 Å². The first-order chi connectivity index (χ1) is 12.9. The normalized spacial score (nSPS) is 40.2. The number of carbonyl (C=O) groups is 1. The number of rotatable bonds is 6. The molecule has 1 saturated carbocycles. The summed E-state index contributed by atoms with van der Waals surface area (Å²) in [7, 11) is 2.87. The van der Waals surface area contributed by atoms with Crippen LogP contribution in [0.2, 0.25) is 0 Å². The van der Waals surface area contributed by atoms with E-state index in [9.17, 15) is 14.5 Å². The van der Waals surface area contributed by atoms with Crippen LogP contribution in [0.1, 0.15) is 26.7 Å². The molecule has 2 rings (SSSR count). The molecule has 1 heterocycles. The van der Waals surface area contributed by atoms with E-state index in [1.165, 1.54) is 41.4 Å². The predicted molar refractivity (Wildman–Crippen MR) is 96.5 cm³/mol. The molecule has 1 aliphatic heterocycles. The summed E-state index contributed by atoms with van der Waals surface area (Å²) >= 11 is 0. The highest BCUT2D eigenvalue weighted by Crippen LogP contribution is 2.54. The van der Waals surface area contributed by atoms with Gasteiger partial charge in [0, 0.05) is 47.1 Å². The third-order valence-corrected chi connectivity index (χ3v) is 7.13. The highest BCUT2D eigenvalue weighted by molar-refractivity contribution is 7.57. The van der Waals surface area contributed by atoms with Gasteiger partial charge in [0.15, 0.2) is 5.60 Å². The van der Waals surface area contributed by atoms with E-state index in [1.807, 2.05) is 0 Å². The molecule has 1 N–H and O–H groups in total. The maximum Gasteiger partial charge on any atom is 0.353 e. The van der Waals surface area contributed by atoms with Gasteiger partial charge in [0.05, 0.1) is 13.2 Å². The highest BCUT2D eigenvalue weighted by Gasteiger charge is 2.61. The smallest absolute Gasteiger partial charge is 0.353 e. The Hall–Kier alpha value is -0.840. The summed E-state index contributed by atoms with van der Waals surface area (Å²) in [6.45, 7) is 3.26. The lowest BCUT2D eigenvalue weighted by atomic mass is 9.77. The van der Waals surface area contributed by atoms with Crippen molar-refractivity contribution < 1.29 is 47.2 Å². The minimum absolute atomic E-state index is 0.120. The van der Waals surface area contributed by atoms with Crippen molar-refractivity contribution in [3.8, 4) is 0 Å². The van der Waals surface area contributed by atoms with Crippen molar-refractivity contribution in [2.24, 2.45) is 0 Å². The van der Waals surface area contributed by atoms with Crippen LogP contribution >= 0.6 is 7.60 Å². The molecule has 0 spiro atoms. The Morgan fingerprint density at radius 3 is 2.11 bits per heavy atom. The standard InChI is InChI=1S/C17H29O10P/c1-15(22-4)16(2,23-5)27-13-11(10-28(20,24-6)25-7)8-17(19,14(18)21-3)9-12(13)26-15/h10,12-13,19H,8-9H2,1-7H3/b11-10+/t12-,13-,15+,16+,17+/m1/s1. The molecule has 0 bridgehead atoms. The van der Waals surface area contributed by atoms with E-state index in [-0.39, 0.29) is 12.8 Å². The molecular formula is C17H29O10P. The van der Waals surface area contributed by atoms with E-state index in [4.69, 9.17) is 32.7 Å². The van der Waals surface area contributed by atoms with E-state index >= 15 is 0 Å². The summed E-state index contributed by atoms with van der Waals surface area (Å²) in [6.07, 6.45) is -1.94. The molecule has 5 atom stereocenters. The molecule has 1 saturated heterocycles. The van der Waals surface area contributed by atoms with Gasteiger partial charge >= 0.3 is 13.6 Å². The van der Waals surface area contributed by atoms with E-state index in [1.54, 1.807) is 13.8 Å². The second-order valence-electron chi connectivity index (χ2n) is 7.01. The van der Waals surface area contributed by atoms with E-state index in [0.29, 0.717) is 5.57 Å². The monoisotopic (exact) mass is 424 g/mol. The Bertz CT molecular complexity index is 673. The molecule has 10 nitrogen and oxygen atoms in total. The summed E-state index contributed by atoms with van der Waals surface area (Å²) in [6, 6.07) is 0. The number of aliphatic hydroxyl groups is 1. The van der Waals surface area contributed by atoms with Crippen molar-refractivity contribution in [1.29, 1.82) is 0 Å². The van der Waals surface area contributed by atoms with Gasteiger partial charge in [-0.05, 0) is 19.4 Å². The Morgan fingerprint density at radius 1 is 1.11 bits per heavy atom. The molecule has 1 aliphatic carbocycles. The Labute approximate surface area is 164 Å². The number of fused-ring (bicyclic) bond motifs is 1. The molecule has 0 unspecified atom stereocenters. The third kappa shape index (κ3) is 3.93. The molecule has 162 valence electrons. The van der Waals surface area contributed by atoms with Crippen molar-refractivity contribution in [1.82, 2.24) is 0 Å². The number of esters is 1. The maximum atomic E-state index is 12.7. The summed E-state index contributed by atoms with van der Waals surface area (Å²) in [4.78, 5) is 12.2. The van der Waals surface area contributed by atoms with Crippen LogP contribution in [0.3, 0.4) is 0 Å². The minimum atomic E-state index is -3.63. The number of carbonyl (C=O) groups excluding carboxylic acids is 1. The van der Waals surface area contributed by atoms with Gasteiger partial charge in [0.2, 0.25) is 11.6 Å². The van der Waals surface area contributed by atoms with Gasteiger partial charge < -0.3 is 37.8 Å². The number of hydrogen-bond donors (Lipinski definition) is 1. The van der Waals surface area contributed by atoms with Crippen molar-refractivity contribution >= 4 is 13.6 Å². The lowest BCUT2D eigenvalue weighted by molar-refractivity contribution is -0.448. The van der Waals surface area contributed by atoms with E-state index < -0.39 is 42.9 Å². The summed E-state index contributed by atoms with van der Waals surface area (Å²) in [5.74, 6) is -2.28.